The molecule has 1 atom stereocenters. The van der Waals surface area contributed by atoms with Gasteiger partial charge in [0.25, 0.3) is 5.69 Å². The van der Waals surface area contributed by atoms with Crippen LogP contribution in [0, 0.1) is 27.8 Å². The predicted octanol–water partition coefficient (Wildman–Crippen LogP) is 3.78. The third kappa shape index (κ3) is 3.94. The van der Waals surface area contributed by atoms with E-state index in [9.17, 15) is 14.5 Å². The van der Waals surface area contributed by atoms with Gasteiger partial charge in [0.2, 0.25) is 0 Å². The van der Waals surface area contributed by atoms with Crippen molar-refractivity contribution < 1.29 is 14.1 Å². The lowest BCUT2D eigenvalue weighted by molar-refractivity contribution is -0.385. The van der Waals surface area contributed by atoms with Gasteiger partial charge < -0.3 is 4.74 Å². The van der Waals surface area contributed by atoms with Crippen LogP contribution in [0.4, 0.5) is 10.1 Å². The number of benzene rings is 1. The Balaban J connectivity index is 2.71. The van der Waals surface area contributed by atoms with Gasteiger partial charge >= 0.3 is 0 Å². The van der Waals surface area contributed by atoms with Crippen LogP contribution < -0.4 is 4.74 Å². The lowest BCUT2D eigenvalue weighted by Gasteiger charge is -2.18. The van der Waals surface area contributed by atoms with Crippen molar-refractivity contribution in [2.45, 2.75) is 13.8 Å². The van der Waals surface area contributed by atoms with Crippen LogP contribution in [0.2, 0.25) is 0 Å². The van der Waals surface area contributed by atoms with E-state index in [1.165, 1.54) is 12.1 Å². The normalized spacial score (nSPS) is 12.5. The molecule has 0 amide bonds. The van der Waals surface area contributed by atoms with E-state index < -0.39 is 10.7 Å². The largest absolute Gasteiger partial charge is 0.490 e. The minimum atomic E-state index is -0.707. The summed E-state index contributed by atoms with van der Waals surface area (Å²) in [7, 11) is 0. The van der Waals surface area contributed by atoms with Gasteiger partial charge in [-0.2, -0.15) is 0 Å². The summed E-state index contributed by atoms with van der Waals surface area (Å²) in [5, 5.41) is 11.2. The topological polar surface area (TPSA) is 52.4 Å². The van der Waals surface area contributed by atoms with E-state index in [-0.39, 0.29) is 17.4 Å². The molecule has 1 rings (SSSR count). The van der Waals surface area contributed by atoms with Crippen LogP contribution in [0.15, 0.2) is 18.2 Å². The van der Waals surface area contributed by atoms with E-state index in [0.29, 0.717) is 12.5 Å². The molecule has 4 nitrogen and oxygen atoms in total. The molecule has 0 aliphatic heterocycles. The number of hydrogen-bond acceptors (Lipinski definition) is 3. The highest BCUT2D eigenvalue weighted by atomic mass is 79.9. The molecule has 0 aromatic heterocycles. The van der Waals surface area contributed by atoms with Gasteiger partial charge in [0, 0.05) is 17.3 Å². The number of non-ortho nitro benzene ring substituents is 1. The van der Waals surface area contributed by atoms with E-state index in [0.717, 1.165) is 11.4 Å². The number of ether oxygens (including phenoxy) is 1. The summed E-state index contributed by atoms with van der Waals surface area (Å²) in [5.41, 5.74) is -0.277. The minimum Gasteiger partial charge on any atom is -0.490 e. The van der Waals surface area contributed by atoms with E-state index >= 15 is 0 Å². The predicted molar refractivity (Wildman–Crippen MR) is 70.7 cm³/mol. The van der Waals surface area contributed by atoms with Crippen LogP contribution in [-0.4, -0.2) is 16.9 Å². The smallest absolute Gasteiger partial charge is 0.272 e. The highest BCUT2D eigenvalue weighted by Gasteiger charge is 2.15. The summed E-state index contributed by atoms with van der Waals surface area (Å²) in [6.45, 7) is 4.49. The number of alkyl halides is 1. The molecule has 18 heavy (non-hydrogen) atoms. The Kier molecular flexibility index (Phi) is 5.53. The van der Waals surface area contributed by atoms with Crippen molar-refractivity contribution in [1.82, 2.24) is 0 Å². The van der Waals surface area contributed by atoms with Gasteiger partial charge in [-0.25, -0.2) is 4.39 Å². The molecule has 0 fully saturated rings. The molecular weight excluding hydrogens is 305 g/mol. The van der Waals surface area contributed by atoms with Crippen LogP contribution in [0.3, 0.4) is 0 Å². The van der Waals surface area contributed by atoms with Gasteiger partial charge in [0.1, 0.15) is 0 Å². The molecule has 1 unspecified atom stereocenters. The van der Waals surface area contributed by atoms with E-state index in [1.807, 2.05) is 0 Å². The first-order valence-corrected chi connectivity index (χ1v) is 6.70. The maximum Gasteiger partial charge on any atom is 0.272 e. The number of rotatable bonds is 6. The number of halogens is 2. The minimum absolute atomic E-state index is 0.0483. The summed E-state index contributed by atoms with van der Waals surface area (Å²) in [6, 6.07) is 3.39. The molecule has 100 valence electrons. The van der Waals surface area contributed by atoms with E-state index in [1.54, 1.807) is 0 Å². The second kappa shape index (κ2) is 6.68. The van der Waals surface area contributed by atoms with Gasteiger partial charge in [-0.1, -0.05) is 29.8 Å². The Morgan fingerprint density at radius 1 is 1.50 bits per heavy atom. The Bertz CT molecular complexity index is 426. The first kappa shape index (κ1) is 14.9. The third-order valence-electron chi connectivity index (χ3n) is 2.72. The van der Waals surface area contributed by atoms with Crippen molar-refractivity contribution in [3.05, 3.63) is 34.1 Å². The average molecular weight is 320 g/mol. The fraction of sp³-hybridized carbons (Fsp3) is 0.500. The quantitative estimate of drug-likeness (QED) is 0.455. The average Bonchev–Trinajstić information content (AvgIpc) is 2.30. The first-order valence-electron chi connectivity index (χ1n) is 5.58. The second-order valence-corrected chi connectivity index (χ2v) is 4.99. The SMILES string of the molecule is CC(C)C(CBr)COc1ccc([N+](=O)[O-])cc1F. The van der Waals surface area contributed by atoms with Crippen LogP contribution in [-0.2, 0) is 0 Å². The van der Waals surface area contributed by atoms with Crippen molar-refractivity contribution in [1.29, 1.82) is 0 Å². The number of nitrogens with zero attached hydrogens (tertiary/aromatic N) is 1. The molecule has 0 radical (unpaired) electrons. The van der Waals surface area contributed by atoms with Crippen molar-refractivity contribution >= 4 is 21.6 Å². The Labute approximate surface area is 113 Å². The molecule has 1 aromatic rings. The monoisotopic (exact) mass is 319 g/mol. The summed E-state index contributed by atoms with van der Waals surface area (Å²) in [6.07, 6.45) is 0. The first-order chi connectivity index (χ1) is 8.45. The van der Waals surface area contributed by atoms with Gasteiger partial charge in [0.05, 0.1) is 17.6 Å². The molecule has 1 aromatic carbocycles. The van der Waals surface area contributed by atoms with Gasteiger partial charge in [0.15, 0.2) is 11.6 Å². The molecule has 0 saturated heterocycles. The standard InChI is InChI=1S/C12H15BrFNO3/c1-8(2)9(6-13)7-18-12-4-3-10(15(16)17)5-11(12)14/h3-5,8-9H,6-7H2,1-2H3. The molecule has 0 saturated carbocycles. The van der Waals surface area contributed by atoms with Gasteiger partial charge in [-0.3, -0.25) is 10.1 Å². The number of hydrogen-bond donors (Lipinski definition) is 0. The maximum atomic E-state index is 13.5. The van der Waals surface area contributed by atoms with Gasteiger partial charge in [-0.05, 0) is 12.0 Å². The molecule has 0 aliphatic rings. The van der Waals surface area contributed by atoms with Crippen molar-refractivity contribution in [2.75, 3.05) is 11.9 Å². The summed E-state index contributed by atoms with van der Waals surface area (Å²) >= 11 is 3.38. The second-order valence-electron chi connectivity index (χ2n) is 4.34. The van der Waals surface area contributed by atoms with Crippen LogP contribution in [0.5, 0.6) is 5.75 Å². The zero-order valence-corrected chi connectivity index (χ0v) is 11.8. The lowest BCUT2D eigenvalue weighted by Crippen LogP contribution is -2.19. The summed E-state index contributed by atoms with van der Waals surface area (Å²) < 4.78 is 18.9. The molecule has 0 N–H and O–H groups in total. The highest BCUT2D eigenvalue weighted by molar-refractivity contribution is 9.09. The molecule has 6 heteroatoms. The van der Waals surface area contributed by atoms with Crippen LogP contribution in [0.1, 0.15) is 13.8 Å². The molecule has 0 bridgehead atoms. The molecule has 0 spiro atoms. The molecule has 0 heterocycles. The van der Waals surface area contributed by atoms with E-state index in [4.69, 9.17) is 4.74 Å². The Hall–Kier alpha value is -1.17. The molecule has 0 aliphatic carbocycles. The van der Waals surface area contributed by atoms with Gasteiger partial charge in [-0.15, -0.1) is 0 Å². The zero-order chi connectivity index (χ0) is 13.7. The highest BCUT2D eigenvalue weighted by Crippen LogP contribution is 2.24. The van der Waals surface area contributed by atoms with Crippen molar-refractivity contribution in [2.24, 2.45) is 11.8 Å². The van der Waals surface area contributed by atoms with Crippen LogP contribution in [0.25, 0.3) is 0 Å². The number of nitro benzene ring substituents is 1. The zero-order valence-electron chi connectivity index (χ0n) is 10.2. The van der Waals surface area contributed by atoms with Crippen molar-refractivity contribution in [3.63, 3.8) is 0 Å². The summed E-state index contributed by atoms with van der Waals surface area (Å²) in [5.74, 6) is 0.0126. The summed E-state index contributed by atoms with van der Waals surface area (Å²) in [4.78, 5) is 9.82. The van der Waals surface area contributed by atoms with Crippen molar-refractivity contribution in [3.8, 4) is 5.75 Å². The Morgan fingerprint density at radius 3 is 2.61 bits per heavy atom. The number of nitro groups is 1. The van der Waals surface area contributed by atoms with Crippen LogP contribution >= 0.6 is 15.9 Å². The Morgan fingerprint density at radius 2 is 2.17 bits per heavy atom. The maximum absolute atomic E-state index is 13.5. The fourth-order valence-electron chi connectivity index (χ4n) is 1.33. The fourth-order valence-corrected chi connectivity index (χ4v) is 2.27. The third-order valence-corrected chi connectivity index (χ3v) is 3.55. The molecular formula is C12H15BrFNO3. The van der Waals surface area contributed by atoms with E-state index in [2.05, 4.69) is 29.8 Å². The lowest BCUT2D eigenvalue weighted by atomic mass is 9.99.